The molecule has 0 radical (unpaired) electrons. The maximum Gasteiger partial charge on any atom is 0.329 e. The van der Waals surface area contributed by atoms with Crippen LogP contribution in [-0.4, -0.2) is 27.9 Å². The van der Waals surface area contributed by atoms with E-state index in [9.17, 15) is 19.2 Å². The second kappa shape index (κ2) is 9.32. The molecule has 0 bridgehead atoms. The number of ether oxygens (including phenoxy) is 1. The van der Waals surface area contributed by atoms with Gasteiger partial charge >= 0.3 is 11.7 Å². The average molecular weight is 398 g/mol. The number of esters is 1. The second-order valence-corrected chi connectivity index (χ2v) is 7.27. The molecule has 0 atom stereocenters. The van der Waals surface area contributed by atoms with Gasteiger partial charge in [-0.3, -0.25) is 23.9 Å². The predicted octanol–water partition coefficient (Wildman–Crippen LogP) is 2.63. The molecule has 2 aromatic rings. The van der Waals surface area contributed by atoms with Crippen LogP contribution in [0.4, 0.5) is 0 Å². The first kappa shape index (κ1) is 22.1. The number of hydrogen-bond acceptors (Lipinski definition) is 5. The van der Waals surface area contributed by atoms with E-state index in [0.29, 0.717) is 5.56 Å². The molecular weight excluding hydrogens is 372 g/mol. The van der Waals surface area contributed by atoms with Gasteiger partial charge in [0.25, 0.3) is 5.56 Å². The van der Waals surface area contributed by atoms with E-state index in [-0.39, 0.29) is 36.1 Å². The Morgan fingerprint density at radius 1 is 1.10 bits per heavy atom. The molecule has 2 rings (SSSR count). The van der Waals surface area contributed by atoms with Crippen LogP contribution in [0.3, 0.4) is 0 Å². The minimum atomic E-state index is -0.663. The van der Waals surface area contributed by atoms with Crippen molar-refractivity contribution in [3.05, 3.63) is 79.1 Å². The van der Waals surface area contributed by atoms with Crippen LogP contribution in [-0.2, 0) is 16.1 Å². The molecular formula is C22H26N2O5. The summed E-state index contributed by atoms with van der Waals surface area (Å²) in [5.74, 6) is -1.05. The molecule has 1 N–H and O–H groups in total. The number of H-pyrrole nitrogens is 1. The zero-order valence-electron chi connectivity index (χ0n) is 17.4. The molecule has 0 aliphatic rings. The van der Waals surface area contributed by atoms with Crippen molar-refractivity contribution in [3.8, 4) is 0 Å². The lowest BCUT2D eigenvalue weighted by atomic mass is 9.95. The van der Waals surface area contributed by atoms with Crippen LogP contribution in [0.15, 0.2) is 39.9 Å². The van der Waals surface area contributed by atoms with Crippen molar-refractivity contribution < 1.29 is 14.3 Å². The molecule has 0 amide bonds. The van der Waals surface area contributed by atoms with Crippen molar-refractivity contribution in [1.29, 1.82) is 0 Å². The van der Waals surface area contributed by atoms with Crippen LogP contribution in [0.1, 0.15) is 59.4 Å². The summed E-state index contributed by atoms with van der Waals surface area (Å²) in [4.78, 5) is 51.5. The lowest BCUT2D eigenvalue weighted by Crippen LogP contribution is -2.37. The fourth-order valence-electron chi connectivity index (χ4n) is 3.20. The summed E-state index contributed by atoms with van der Waals surface area (Å²) in [6.07, 6.45) is 3.20. The molecule has 0 spiro atoms. The highest BCUT2D eigenvalue weighted by atomic mass is 16.5. The SMILES string of the molecule is CC(=O)OCC=CCn1c(C(=O)c2cc(C)cc(C)c2)c(C(C)C)c(=O)[nH]c1=O. The van der Waals surface area contributed by atoms with Gasteiger partial charge in [0.2, 0.25) is 5.78 Å². The maximum atomic E-state index is 13.4. The number of aromatic nitrogens is 2. The third-order valence-corrected chi connectivity index (χ3v) is 4.35. The number of ketones is 1. The van der Waals surface area contributed by atoms with E-state index >= 15 is 0 Å². The number of rotatable bonds is 7. The molecule has 29 heavy (non-hydrogen) atoms. The Bertz CT molecular complexity index is 1050. The number of aryl methyl sites for hydroxylation is 2. The van der Waals surface area contributed by atoms with Crippen LogP contribution >= 0.6 is 0 Å². The Morgan fingerprint density at radius 3 is 2.28 bits per heavy atom. The van der Waals surface area contributed by atoms with Gasteiger partial charge in [0.05, 0.1) is 0 Å². The van der Waals surface area contributed by atoms with E-state index in [2.05, 4.69) is 4.98 Å². The number of aromatic amines is 1. The number of allylic oxidation sites excluding steroid dienone is 1. The van der Waals surface area contributed by atoms with Gasteiger partial charge in [-0.1, -0.05) is 37.1 Å². The first-order chi connectivity index (χ1) is 13.6. The number of carbonyl (C=O) groups is 2. The van der Waals surface area contributed by atoms with Crippen molar-refractivity contribution in [2.24, 2.45) is 0 Å². The molecule has 154 valence electrons. The molecule has 0 aliphatic carbocycles. The highest BCUT2D eigenvalue weighted by molar-refractivity contribution is 6.09. The molecule has 0 saturated carbocycles. The van der Waals surface area contributed by atoms with Crippen LogP contribution in [0, 0.1) is 13.8 Å². The van der Waals surface area contributed by atoms with Crippen molar-refractivity contribution >= 4 is 11.8 Å². The van der Waals surface area contributed by atoms with Gasteiger partial charge in [-0.2, -0.15) is 0 Å². The number of carbonyl (C=O) groups excluding carboxylic acids is 2. The fraction of sp³-hybridized carbons (Fsp3) is 0.364. The quantitative estimate of drug-likeness (QED) is 0.439. The zero-order valence-corrected chi connectivity index (χ0v) is 17.4. The summed E-state index contributed by atoms with van der Waals surface area (Å²) >= 11 is 0. The highest BCUT2D eigenvalue weighted by Gasteiger charge is 2.24. The Balaban J connectivity index is 2.60. The summed E-state index contributed by atoms with van der Waals surface area (Å²) < 4.78 is 6.08. The van der Waals surface area contributed by atoms with Gasteiger partial charge in [0.15, 0.2) is 0 Å². The lowest BCUT2D eigenvalue weighted by molar-refractivity contribution is -0.139. The van der Waals surface area contributed by atoms with Gasteiger partial charge in [-0.25, -0.2) is 4.79 Å². The Hall–Kier alpha value is -3.22. The molecule has 1 aromatic carbocycles. The van der Waals surface area contributed by atoms with Crippen LogP contribution in [0.25, 0.3) is 0 Å². The normalized spacial score (nSPS) is 11.2. The molecule has 0 unspecified atom stereocenters. The summed E-state index contributed by atoms with van der Waals surface area (Å²) in [6, 6.07) is 5.43. The van der Waals surface area contributed by atoms with Crippen LogP contribution in [0.2, 0.25) is 0 Å². The average Bonchev–Trinajstić information content (AvgIpc) is 2.60. The number of nitrogens with zero attached hydrogens (tertiary/aromatic N) is 1. The molecule has 1 aromatic heterocycles. The highest BCUT2D eigenvalue weighted by Crippen LogP contribution is 2.19. The third kappa shape index (κ3) is 5.40. The number of nitrogens with one attached hydrogen (secondary N) is 1. The van der Waals surface area contributed by atoms with E-state index in [0.717, 1.165) is 11.1 Å². The van der Waals surface area contributed by atoms with E-state index in [1.165, 1.54) is 11.5 Å². The minimum absolute atomic E-state index is 0.0580. The summed E-state index contributed by atoms with van der Waals surface area (Å²) in [7, 11) is 0. The van der Waals surface area contributed by atoms with Gasteiger partial charge in [0, 0.05) is 24.6 Å². The molecule has 0 aliphatic heterocycles. The largest absolute Gasteiger partial charge is 0.462 e. The van der Waals surface area contributed by atoms with Crippen molar-refractivity contribution in [1.82, 2.24) is 9.55 Å². The molecule has 0 saturated heterocycles. The Kier molecular flexibility index (Phi) is 7.09. The van der Waals surface area contributed by atoms with E-state index < -0.39 is 17.2 Å². The Morgan fingerprint density at radius 2 is 1.72 bits per heavy atom. The van der Waals surface area contributed by atoms with Crippen molar-refractivity contribution in [2.45, 2.75) is 47.1 Å². The smallest absolute Gasteiger partial charge is 0.329 e. The zero-order chi connectivity index (χ0) is 21.7. The van der Waals surface area contributed by atoms with Gasteiger partial charge < -0.3 is 4.74 Å². The summed E-state index contributed by atoms with van der Waals surface area (Å²) in [6.45, 7) is 8.79. The summed E-state index contributed by atoms with van der Waals surface area (Å²) in [5, 5.41) is 0. The maximum absolute atomic E-state index is 13.4. The lowest BCUT2D eigenvalue weighted by Gasteiger charge is -2.17. The summed E-state index contributed by atoms with van der Waals surface area (Å²) in [5.41, 5.74) is 1.38. The molecule has 0 fully saturated rings. The van der Waals surface area contributed by atoms with Crippen molar-refractivity contribution in [3.63, 3.8) is 0 Å². The van der Waals surface area contributed by atoms with Crippen LogP contribution in [0.5, 0.6) is 0 Å². The van der Waals surface area contributed by atoms with Crippen LogP contribution < -0.4 is 11.2 Å². The first-order valence-corrected chi connectivity index (χ1v) is 9.40. The standard InChI is InChI=1S/C22H26N2O5/c1-13(2)18-19(20(26)17-11-14(3)10-15(4)12-17)24(22(28)23-21(18)27)8-6-7-9-29-16(5)25/h6-7,10-13H,8-9H2,1-5H3,(H,23,27,28). The van der Waals surface area contributed by atoms with Gasteiger partial charge in [0.1, 0.15) is 12.3 Å². The fourth-order valence-corrected chi connectivity index (χ4v) is 3.20. The molecule has 7 nitrogen and oxygen atoms in total. The van der Waals surface area contributed by atoms with Crippen molar-refractivity contribution in [2.75, 3.05) is 6.61 Å². The predicted molar refractivity (Wildman–Crippen MR) is 111 cm³/mol. The monoisotopic (exact) mass is 398 g/mol. The van der Waals surface area contributed by atoms with E-state index in [1.807, 2.05) is 19.9 Å². The Labute approximate surface area is 169 Å². The van der Waals surface area contributed by atoms with Gasteiger partial charge in [-0.15, -0.1) is 0 Å². The molecule has 7 heteroatoms. The molecule has 1 heterocycles. The van der Waals surface area contributed by atoms with E-state index in [4.69, 9.17) is 4.74 Å². The van der Waals surface area contributed by atoms with Gasteiger partial charge in [-0.05, 0) is 38.0 Å². The van der Waals surface area contributed by atoms with E-state index in [1.54, 1.807) is 38.1 Å². The number of hydrogen-bond donors (Lipinski definition) is 1. The minimum Gasteiger partial charge on any atom is -0.462 e. The number of benzene rings is 1. The third-order valence-electron chi connectivity index (χ3n) is 4.35. The second-order valence-electron chi connectivity index (χ2n) is 7.27. The topological polar surface area (TPSA) is 98.2 Å². The first-order valence-electron chi connectivity index (χ1n) is 9.40.